The molecule has 0 spiro atoms. The number of halogens is 1. The number of rotatable bonds is 6. The van der Waals surface area contributed by atoms with Crippen LogP contribution in [-0.4, -0.2) is 18.2 Å². The van der Waals surface area contributed by atoms with Crippen LogP contribution in [0.2, 0.25) is 0 Å². The smallest absolute Gasteiger partial charge is 0.311 e. The molecule has 0 aromatic heterocycles. The predicted octanol–water partition coefficient (Wildman–Crippen LogP) is 3.64. The number of carbonyl (C=O) groups excluding carboxylic acids is 1. The fourth-order valence-electron chi connectivity index (χ4n) is 2.17. The lowest BCUT2D eigenvalue weighted by Crippen LogP contribution is -2.38. The van der Waals surface area contributed by atoms with Gasteiger partial charge in [-0.1, -0.05) is 47.8 Å². The molecule has 1 aromatic carbocycles. The topological polar surface area (TPSA) is 46.5 Å². The average molecular weight is 329 g/mol. The van der Waals surface area contributed by atoms with E-state index in [2.05, 4.69) is 22.9 Å². The maximum Gasteiger partial charge on any atom is 0.311 e. The molecule has 4 heteroatoms. The van der Waals surface area contributed by atoms with Crippen molar-refractivity contribution in [2.24, 2.45) is 5.92 Å². The van der Waals surface area contributed by atoms with Gasteiger partial charge in [0.25, 0.3) is 0 Å². The van der Waals surface area contributed by atoms with Gasteiger partial charge in [0.2, 0.25) is 0 Å². The Bertz CT molecular complexity index is 412. The lowest BCUT2D eigenvalue weighted by molar-refractivity contribution is -0.156. The highest BCUT2D eigenvalue weighted by Gasteiger charge is 2.39. The van der Waals surface area contributed by atoms with Crippen LogP contribution in [0.25, 0.3) is 0 Å². The van der Waals surface area contributed by atoms with Crippen molar-refractivity contribution in [2.45, 2.75) is 38.7 Å². The molecule has 1 rings (SSSR count). The van der Waals surface area contributed by atoms with Gasteiger partial charge in [0.1, 0.15) is 5.60 Å². The number of esters is 1. The fourth-order valence-corrected chi connectivity index (χ4v) is 2.43. The van der Waals surface area contributed by atoms with Crippen molar-refractivity contribution in [3.05, 3.63) is 34.3 Å². The van der Waals surface area contributed by atoms with Gasteiger partial charge in [-0.05, 0) is 31.0 Å². The SMILES string of the molecule is CCCCC(C(=O)OC)C(C)(O)c1ccc(Br)cc1. The number of carbonyl (C=O) groups is 1. The maximum absolute atomic E-state index is 11.9. The highest BCUT2D eigenvalue weighted by atomic mass is 79.9. The van der Waals surface area contributed by atoms with Crippen LogP contribution in [0.1, 0.15) is 38.7 Å². The van der Waals surface area contributed by atoms with E-state index in [4.69, 9.17) is 4.74 Å². The molecule has 19 heavy (non-hydrogen) atoms. The first-order valence-corrected chi connectivity index (χ1v) is 7.29. The van der Waals surface area contributed by atoms with Gasteiger partial charge in [-0.2, -0.15) is 0 Å². The first-order valence-electron chi connectivity index (χ1n) is 6.49. The monoisotopic (exact) mass is 328 g/mol. The Kier molecular flexibility index (Phi) is 6.01. The van der Waals surface area contributed by atoms with E-state index < -0.39 is 11.5 Å². The zero-order valence-corrected chi connectivity index (χ0v) is 13.2. The minimum atomic E-state index is -1.22. The predicted molar refractivity (Wildman–Crippen MR) is 78.7 cm³/mol. The van der Waals surface area contributed by atoms with Crippen molar-refractivity contribution < 1.29 is 14.6 Å². The second-order valence-corrected chi connectivity index (χ2v) is 5.79. The summed E-state index contributed by atoms with van der Waals surface area (Å²) in [5.41, 5.74) is -0.495. The molecule has 2 atom stereocenters. The van der Waals surface area contributed by atoms with E-state index in [0.29, 0.717) is 6.42 Å². The van der Waals surface area contributed by atoms with Crippen LogP contribution in [0, 0.1) is 5.92 Å². The summed E-state index contributed by atoms with van der Waals surface area (Å²) in [6.45, 7) is 3.73. The lowest BCUT2D eigenvalue weighted by atomic mass is 9.80. The van der Waals surface area contributed by atoms with E-state index >= 15 is 0 Å². The van der Waals surface area contributed by atoms with E-state index in [1.165, 1.54) is 7.11 Å². The van der Waals surface area contributed by atoms with Gasteiger partial charge in [0.05, 0.1) is 13.0 Å². The molecule has 0 amide bonds. The number of hydrogen-bond donors (Lipinski definition) is 1. The quantitative estimate of drug-likeness (QED) is 0.811. The van der Waals surface area contributed by atoms with Crippen molar-refractivity contribution >= 4 is 21.9 Å². The Morgan fingerprint density at radius 1 is 1.42 bits per heavy atom. The summed E-state index contributed by atoms with van der Waals surface area (Å²) in [6.07, 6.45) is 2.47. The molecule has 0 bridgehead atoms. The molecule has 1 N–H and O–H groups in total. The van der Waals surface area contributed by atoms with Crippen molar-refractivity contribution in [3.8, 4) is 0 Å². The number of hydrogen-bond acceptors (Lipinski definition) is 3. The van der Waals surface area contributed by atoms with Crippen LogP contribution in [-0.2, 0) is 15.1 Å². The minimum absolute atomic E-state index is 0.360. The molecule has 3 nitrogen and oxygen atoms in total. The molecule has 0 saturated carbocycles. The average Bonchev–Trinajstić information content (AvgIpc) is 2.39. The molecule has 0 aliphatic rings. The molecule has 2 unspecified atom stereocenters. The van der Waals surface area contributed by atoms with Crippen LogP contribution >= 0.6 is 15.9 Å². The minimum Gasteiger partial charge on any atom is -0.469 e. The van der Waals surface area contributed by atoms with Gasteiger partial charge in [0, 0.05) is 4.47 Å². The number of unbranched alkanes of at least 4 members (excludes halogenated alkanes) is 1. The Hall–Kier alpha value is -0.870. The molecule has 0 saturated heterocycles. The highest BCUT2D eigenvalue weighted by Crippen LogP contribution is 2.34. The Labute approximate surface area is 123 Å². The van der Waals surface area contributed by atoms with Crippen molar-refractivity contribution in [1.29, 1.82) is 0 Å². The summed E-state index contributed by atoms with van der Waals surface area (Å²) in [5, 5.41) is 10.7. The van der Waals surface area contributed by atoms with Crippen LogP contribution in [0.5, 0.6) is 0 Å². The summed E-state index contributed by atoms with van der Waals surface area (Å²) in [7, 11) is 1.36. The second-order valence-electron chi connectivity index (χ2n) is 4.87. The van der Waals surface area contributed by atoms with Gasteiger partial charge in [-0.3, -0.25) is 4.79 Å². The van der Waals surface area contributed by atoms with E-state index in [1.54, 1.807) is 6.92 Å². The van der Waals surface area contributed by atoms with Crippen LogP contribution in [0.3, 0.4) is 0 Å². The molecule has 0 aliphatic carbocycles. The van der Waals surface area contributed by atoms with Gasteiger partial charge >= 0.3 is 5.97 Å². The summed E-state index contributed by atoms with van der Waals surface area (Å²) >= 11 is 3.36. The number of ether oxygens (including phenoxy) is 1. The zero-order chi connectivity index (χ0) is 14.5. The largest absolute Gasteiger partial charge is 0.469 e. The standard InChI is InChI=1S/C15H21BrO3/c1-4-5-6-13(14(17)19-3)15(2,18)11-7-9-12(16)10-8-11/h7-10,13,18H,4-6H2,1-3H3. The van der Waals surface area contributed by atoms with E-state index in [1.807, 2.05) is 24.3 Å². The van der Waals surface area contributed by atoms with Crippen molar-refractivity contribution in [3.63, 3.8) is 0 Å². The zero-order valence-electron chi connectivity index (χ0n) is 11.6. The Morgan fingerprint density at radius 3 is 2.47 bits per heavy atom. The molecule has 106 valence electrons. The van der Waals surface area contributed by atoms with E-state index in [9.17, 15) is 9.90 Å². The normalized spacial score (nSPS) is 15.6. The number of aliphatic hydroxyl groups is 1. The number of benzene rings is 1. The molecule has 1 aromatic rings. The summed E-state index contributed by atoms with van der Waals surface area (Å²) in [4.78, 5) is 11.9. The fraction of sp³-hybridized carbons (Fsp3) is 0.533. The van der Waals surface area contributed by atoms with E-state index in [-0.39, 0.29) is 5.97 Å². The summed E-state index contributed by atoms with van der Waals surface area (Å²) in [5.74, 6) is -0.903. The third kappa shape index (κ3) is 4.05. The molecular weight excluding hydrogens is 308 g/mol. The van der Waals surface area contributed by atoms with Gasteiger partial charge in [0.15, 0.2) is 0 Å². The van der Waals surface area contributed by atoms with Crippen LogP contribution in [0.15, 0.2) is 28.7 Å². The molecule has 0 aliphatic heterocycles. The second kappa shape index (κ2) is 7.06. The first kappa shape index (κ1) is 16.2. The van der Waals surface area contributed by atoms with Gasteiger partial charge in [-0.15, -0.1) is 0 Å². The van der Waals surface area contributed by atoms with Gasteiger partial charge < -0.3 is 9.84 Å². The lowest BCUT2D eigenvalue weighted by Gasteiger charge is -2.31. The van der Waals surface area contributed by atoms with Crippen molar-refractivity contribution in [1.82, 2.24) is 0 Å². The molecule has 0 heterocycles. The van der Waals surface area contributed by atoms with Crippen LogP contribution in [0.4, 0.5) is 0 Å². The molecule has 0 radical (unpaired) electrons. The van der Waals surface area contributed by atoms with Crippen molar-refractivity contribution in [2.75, 3.05) is 7.11 Å². The molecule has 0 fully saturated rings. The summed E-state index contributed by atoms with van der Waals surface area (Å²) < 4.78 is 5.77. The highest BCUT2D eigenvalue weighted by molar-refractivity contribution is 9.10. The Balaban J connectivity index is 3.03. The maximum atomic E-state index is 11.9. The molecular formula is C15H21BrO3. The van der Waals surface area contributed by atoms with Gasteiger partial charge in [-0.25, -0.2) is 0 Å². The van der Waals surface area contributed by atoms with Crippen LogP contribution < -0.4 is 0 Å². The third-order valence-electron chi connectivity index (χ3n) is 3.44. The third-order valence-corrected chi connectivity index (χ3v) is 3.97. The Morgan fingerprint density at radius 2 is 2.00 bits per heavy atom. The first-order chi connectivity index (χ1) is 8.93. The number of methoxy groups -OCH3 is 1. The summed E-state index contributed by atoms with van der Waals surface area (Å²) in [6, 6.07) is 7.37. The van der Waals surface area contributed by atoms with E-state index in [0.717, 1.165) is 22.9 Å².